The van der Waals surface area contributed by atoms with E-state index in [0.29, 0.717) is 5.92 Å². The van der Waals surface area contributed by atoms with Gasteiger partial charge in [-0.25, -0.2) is 0 Å². The molecule has 0 bridgehead atoms. The number of unbranched alkanes of at least 4 members (excludes halogenated alkanes) is 1. The minimum absolute atomic E-state index is 0.585. The van der Waals surface area contributed by atoms with E-state index in [1.165, 1.54) is 99.0 Å². The predicted molar refractivity (Wildman–Crippen MR) is 269 cm³/mol. The second kappa shape index (κ2) is 22.3. The van der Waals surface area contributed by atoms with Gasteiger partial charge in [-0.05, 0) is 143 Å². The molecule has 6 aromatic rings. The lowest BCUT2D eigenvalue weighted by Crippen LogP contribution is -2.07. The maximum atomic E-state index is 6.56. The van der Waals surface area contributed by atoms with Gasteiger partial charge in [-0.1, -0.05) is 179 Å². The van der Waals surface area contributed by atoms with E-state index in [9.17, 15) is 0 Å². The molecule has 3 nitrogen and oxygen atoms in total. The Hall–Kier alpha value is -6.32. The number of nitrogens with one attached hydrogen (secondary N) is 1. The average Bonchev–Trinajstić information content (AvgIpc) is 3.79. The molecule has 61 heavy (non-hydrogen) atoms. The fraction of sp³-hybridized carbons (Fsp3) is 0.241. The highest BCUT2D eigenvalue weighted by atomic mass is 14.7. The third-order valence-corrected chi connectivity index (χ3v) is 11.7. The number of aryl methyl sites for hydroxylation is 1. The van der Waals surface area contributed by atoms with Crippen LogP contribution in [0.25, 0.3) is 55.2 Å². The molecule has 0 radical (unpaired) electrons. The number of nitrogens with two attached hydrogens (primary N) is 2. The molecule has 1 aliphatic rings. The van der Waals surface area contributed by atoms with Crippen molar-refractivity contribution in [2.75, 3.05) is 0 Å². The number of allylic oxidation sites excluding steroid dienone is 12. The number of hydrogen-bond acceptors (Lipinski definition) is 2. The Bertz CT molecular complexity index is 2580. The first-order chi connectivity index (χ1) is 29.9. The molecule has 0 unspecified atom stereocenters. The van der Waals surface area contributed by atoms with Crippen molar-refractivity contribution < 1.29 is 0 Å². The Kier molecular flexibility index (Phi) is 16.2. The maximum absolute atomic E-state index is 6.56. The molecule has 0 saturated heterocycles. The zero-order valence-electron chi connectivity index (χ0n) is 37.1. The van der Waals surface area contributed by atoms with Crippen molar-refractivity contribution in [1.82, 2.24) is 4.98 Å². The predicted octanol–water partition coefficient (Wildman–Crippen LogP) is 16.0. The minimum atomic E-state index is 0.585. The van der Waals surface area contributed by atoms with Crippen molar-refractivity contribution in [3.8, 4) is 11.3 Å². The van der Waals surface area contributed by atoms with E-state index in [4.69, 9.17) is 11.5 Å². The molecule has 312 valence electrons. The summed E-state index contributed by atoms with van der Waals surface area (Å²) in [5.74, 6) is 0.585. The van der Waals surface area contributed by atoms with Crippen molar-refractivity contribution >= 4 is 44.0 Å². The molecule has 0 amide bonds. The fourth-order valence-electron chi connectivity index (χ4n) is 8.57. The lowest BCUT2D eigenvalue weighted by Gasteiger charge is -2.26. The molecule has 0 atom stereocenters. The van der Waals surface area contributed by atoms with Crippen LogP contribution in [-0.4, -0.2) is 4.98 Å². The highest BCUT2D eigenvalue weighted by Crippen LogP contribution is 2.45. The van der Waals surface area contributed by atoms with Crippen LogP contribution in [0.4, 0.5) is 0 Å². The van der Waals surface area contributed by atoms with Gasteiger partial charge in [0.05, 0.1) is 0 Å². The lowest BCUT2D eigenvalue weighted by atomic mass is 9.79. The van der Waals surface area contributed by atoms with Crippen molar-refractivity contribution in [3.05, 3.63) is 204 Å². The van der Waals surface area contributed by atoms with Crippen LogP contribution in [0.5, 0.6) is 0 Å². The Morgan fingerprint density at radius 3 is 2.03 bits per heavy atom. The number of hydrogen-bond donors (Lipinski definition) is 3. The standard InChI is InChI=1S/C55H57N3.C3H8/c1-4-41(42-23-12-8-13-24-42)30-21-22-39(2)52-34-35-53(58-52)55-47-32-20-19-31-46(47)54(50-37-48(40(3)36-49(50)55)43-25-14-9-15-26-43)45(38-56)29-11-6-5-7-18-33-51(57)44-27-16-10-17-28-44;1-3-2/h4,7-8,10-13,16-24,27-38,43,58H,5-6,9,14-15,25-26,56-57H2,1-3H3;3H2,1-2H3/b18-7-,29-11-,30-21-,39-22+,41-4-,45-38+,51-33-;. The van der Waals surface area contributed by atoms with Crippen LogP contribution in [-0.2, 0) is 0 Å². The third kappa shape index (κ3) is 11.1. The first-order valence-corrected chi connectivity index (χ1v) is 22.4. The Morgan fingerprint density at radius 2 is 1.34 bits per heavy atom. The Balaban J connectivity index is 0.00000201. The molecular formula is C58H65N3. The molecule has 7 rings (SSSR count). The molecule has 5 aromatic carbocycles. The SMILES string of the molecule is C/C=C(/C=C\C=C(/C)c1ccc(-c2c3ccccc3c(C(/C=C\CC/C=C\C=C(/N)c3ccccc3)=C/N)c3cc(C4CCCCC4)c(C)cc23)[nH]1)c1ccccc1.CCC. The summed E-state index contributed by atoms with van der Waals surface area (Å²) >= 11 is 0. The molecule has 0 spiro atoms. The van der Waals surface area contributed by atoms with Gasteiger partial charge in [-0.2, -0.15) is 0 Å². The third-order valence-electron chi connectivity index (χ3n) is 11.7. The van der Waals surface area contributed by atoms with Crippen LogP contribution in [0.15, 0.2) is 170 Å². The molecule has 1 aliphatic carbocycles. The lowest BCUT2D eigenvalue weighted by molar-refractivity contribution is 0.442. The van der Waals surface area contributed by atoms with Crippen LogP contribution in [0.1, 0.15) is 118 Å². The van der Waals surface area contributed by atoms with E-state index in [1.54, 1.807) is 6.20 Å². The van der Waals surface area contributed by atoms with Gasteiger partial charge in [0, 0.05) is 28.8 Å². The van der Waals surface area contributed by atoms with Crippen LogP contribution < -0.4 is 11.5 Å². The van der Waals surface area contributed by atoms with Gasteiger partial charge in [0.25, 0.3) is 0 Å². The summed E-state index contributed by atoms with van der Waals surface area (Å²) in [4.78, 5) is 3.84. The van der Waals surface area contributed by atoms with Gasteiger partial charge in [0.2, 0.25) is 0 Å². The van der Waals surface area contributed by atoms with Gasteiger partial charge in [-0.15, -0.1) is 0 Å². The smallest absolute Gasteiger partial charge is 0.0471 e. The monoisotopic (exact) mass is 804 g/mol. The van der Waals surface area contributed by atoms with Gasteiger partial charge in [0.1, 0.15) is 0 Å². The van der Waals surface area contributed by atoms with Crippen molar-refractivity contribution in [2.45, 2.75) is 91.9 Å². The van der Waals surface area contributed by atoms with Crippen LogP contribution in [0, 0.1) is 6.92 Å². The van der Waals surface area contributed by atoms with E-state index in [2.05, 4.69) is 167 Å². The number of benzene rings is 5. The number of H-pyrrole nitrogens is 1. The molecular weight excluding hydrogens is 739 g/mol. The van der Waals surface area contributed by atoms with E-state index in [1.807, 2.05) is 36.4 Å². The normalized spacial score (nSPS) is 14.8. The first-order valence-electron chi connectivity index (χ1n) is 22.4. The van der Waals surface area contributed by atoms with E-state index >= 15 is 0 Å². The topological polar surface area (TPSA) is 67.8 Å². The van der Waals surface area contributed by atoms with Crippen molar-refractivity contribution in [3.63, 3.8) is 0 Å². The summed E-state index contributed by atoms with van der Waals surface area (Å²) < 4.78 is 0. The van der Waals surface area contributed by atoms with Gasteiger partial charge in [0.15, 0.2) is 0 Å². The molecule has 1 saturated carbocycles. The average molecular weight is 804 g/mol. The highest BCUT2D eigenvalue weighted by molar-refractivity contribution is 6.19. The molecule has 3 heteroatoms. The van der Waals surface area contributed by atoms with Gasteiger partial charge in [-0.3, -0.25) is 0 Å². The Labute approximate surface area is 365 Å². The van der Waals surface area contributed by atoms with Crippen LogP contribution in [0.3, 0.4) is 0 Å². The summed E-state index contributed by atoms with van der Waals surface area (Å²) in [5, 5.41) is 4.93. The summed E-state index contributed by atoms with van der Waals surface area (Å²) in [6, 6.07) is 38.9. The molecule has 1 aromatic heterocycles. The first kappa shape index (κ1) is 44.2. The van der Waals surface area contributed by atoms with Crippen LogP contribution in [0.2, 0.25) is 0 Å². The fourth-order valence-corrected chi connectivity index (χ4v) is 8.57. The van der Waals surface area contributed by atoms with E-state index in [-0.39, 0.29) is 0 Å². The summed E-state index contributed by atoms with van der Waals surface area (Å²) in [7, 11) is 0. The largest absolute Gasteiger partial charge is 0.404 e. The van der Waals surface area contributed by atoms with E-state index in [0.717, 1.165) is 41.1 Å². The second-order valence-electron chi connectivity index (χ2n) is 16.2. The number of aromatic nitrogens is 1. The number of fused-ring (bicyclic) bond motifs is 2. The molecule has 0 aliphatic heterocycles. The molecule has 1 fully saturated rings. The minimum Gasteiger partial charge on any atom is -0.404 e. The quantitative estimate of drug-likeness (QED) is 0.0618. The number of rotatable bonds is 13. The second-order valence-corrected chi connectivity index (χ2v) is 16.2. The number of aromatic amines is 1. The van der Waals surface area contributed by atoms with Crippen molar-refractivity contribution in [2.24, 2.45) is 11.5 Å². The van der Waals surface area contributed by atoms with Crippen LogP contribution >= 0.6 is 0 Å². The highest BCUT2D eigenvalue weighted by Gasteiger charge is 2.23. The molecule has 5 N–H and O–H groups in total. The maximum Gasteiger partial charge on any atom is 0.0471 e. The van der Waals surface area contributed by atoms with Crippen molar-refractivity contribution in [1.29, 1.82) is 0 Å². The van der Waals surface area contributed by atoms with Gasteiger partial charge < -0.3 is 16.5 Å². The zero-order valence-corrected chi connectivity index (χ0v) is 37.1. The van der Waals surface area contributed by atoms with Gasteiger partial charge >= 0.3 is 0 Å². The molecule has 1 heterocycles. The zero-order chi connectivity index (χ0) is 43.0. The van der Waals surface area contributed by atoms with E-state index < -0.39 is 0 Å². The summed E-state index contributed by atoms with van der Waals surface area (Å²) in [6.07, 6.45) is 30.6. The summed E-state index contributed by atoms with van der Waals surface area (Å²) in [6.45, 7) is 10.8. The summed E-state index contributed by atoms with van der Waals surface area (Å²) in [5.41, 5.74) is 26.8. The Morgan fingerprint density at radius 1 is 0.689 bits per heavy atom.